The molecular weight excluding hydrogens is 336 g/mol. The molecule has 1 aliphatic rings. The average molecular weight is 369 g/mol. The van der Waals surface area contributed by atoms with Gasteiger partial charge in [-0.1, -0.05) is 50.1 Å². The molecule has 6 heteroatoms. The molecule has 1 saturated carbocycles. The third kappa shape index (κ3) is 5.31. The predicted molar refractivity (Wildman–Crippen MR) is 109 cm³/mol. The van der Waals surface area contributed by atoms with Gasteiger partial charge < -0.3 is 15.2 Å². The van der Waals surface area contributed by atoms with Crippen LogP contribution >= 0.6 is 0 Å². The number of hydrogen-bond acceptors (Lipinski definition) is 3. The van der Waals surface area contributed by atoms with Crippen LogP contribution in [0.4, 0.5) is 0 Å². The first kappa shape index (κ1) is 19.4. The minimum absolute atomic E-state index is 0.180. The zero-order chi connectivity index (χ0) is 19.2. The Balaban J connectivity index is 1.73. The van der Waals surface area contributed by atoms with Gasteiger partial charge in [0.05, 0.1) is 6.04 Å². The highest BCUT2D eigenvalue weighted by molar-refractivity contribution is 5.80. The summed E-state index contributed by atoms with van der Waals surface area (Å²) in [5, 5.41) is 15.6. The maximum absolute atomic E-state index is 4.82. The van der Waals surface area contributed by atoms with Gasteiger partial charge in [0.1, 0.15) is 12.4 Å². The quantitative estimate of drug-likeness (QED) is 0.626. The molecule has 1 aromatic heterocycles. The van der Waals surface area contributed by atoms with Crippen LogP contribution in [-0.2, 0) is 13.6 Å². The van der Waals surface area contributed by atoms with E-state index in [0.717, 1.165) is 23.5 Å². The van der Waals surface area contributed by atoms with Crippen molar-refractivity contribution in [3.63, 3.8) is 0 Å². The Morgan fingerprint density at radius 1 is 1.26 bits per heavy atom. The molecule has 6 nitrogen and oxygen atoms in total. The van der Waals surface area contributed by atoms with Crippen LogP contribution in [0.5, 0.6) is 0 Å². The SMILES string of the molecule is Cc1nnc(CN=C(NC2CCCC(C)C2)NC(C)c2ccccc2)n1C. The van der Waals surface area contributed by atoms with Crippen LogP contribution in [0.15, 0.2) is 35.3 Å². The lowest BCUT2D eigenvalue weighted by Crippen LogP contribution is -2.46. The van der Waals surface area contributed by atoms with Gasteiger partial charge in [-0.2, -0.15) is 0 Å². The molecule has 3 rings (SSSR count). The highest BCUT2D eigenvalue weighted by Crippen LogP contribution is 2.23. The summed E-state index contributed by atoms with van der Waals surface area (Å²) < 4.78 is 1.99. The number of guanidine groups is 1. The second kappa shape index (κ2) is 9.02. The van der Waals surface area contributed by atoms with Crippen LogP contribution in [0, 0.1) is 12.8 Å². The van der Waals surface area contributed by atoms with Crippen LogP contribution in [0.2, 0.25) is 0 Å². The first-order valence-corrected chi connectivity index (χ1v) is 10.00. The average Bonchev–Trinajstić information content (AvgIpc) is 2.99. The van der Waals surface area contributed by atoms with Gasteiger partial charge in [0, 0.05) is 13.1 Å². The van der Waals surface area contributed by atoms with E-state index in [-0.39, 0.29) is 6.04 Å². The van der Waals surface area contributed by atoms with E-state index < -0.39 is 0 Å². The van der Waals surface area contributed by atoms with E-state index in [9.17, 15) is 0 Å². The molecule has 27 heavy (non-hydrogen) atoms. The summed E-state index contributed by atoms with van der Waals surface area (Å²) in [5.41, 5.74) is 1.25. The van der Waals surface area contributed by atoms with Gasteiger partial charge in [-0.15, -0.1) is 10.2 Å². The number of aliphatic imine (C=N–C) groups is 1. The smallest absolute Gasteiger partial charge is 0.192 e. The summed E-state index contributed by atoms with van der Waals surface area (Å²) in [6.45, 7) is 6.98. The van der Waals surface area contributed by atoms with E-state index in [2.05, 4.69) is 58.9 Å². The predicted octanol–water partition coefficient (Wildman–Crippen LogP) is 3.50. The van der Waals surface area contributed by atoms with E-state index in [1.165, 1.54) is 31.2 Å². The second-order valence-corrected chi connectivity index (χ2v) is 7.78. The number of rotatable bonds is 5. The van der Waals surface area contributed by atoms with Crippen LogP contribution in [0.25, 0.3) is 0 Å². The molecule has 146 valence electrons. The van der Waals surface area contributed by atoms with Crippen molar-refractivity contribution < 1.29 is 0 Å². The van der Waals surface area contributed by atoms with E-state index in [4.69, 9.17) is 4.99 Å². The topological polar surface area (TPSA) is 67.1 Å². The number of hydrogen-bond donors (Lipinski definition) is 2. The number of benzene rings is 1. The molecule has 0 spiro atoms. The first-order valence-electron chi connectivity index (χ1n) is 10.00. The largest absolute Gasteiger partial charge is 0.354 e. The Hall–Kier alpha value is -2.37. The van der Waals surface area contributed by atoms with Gasteiger partial charge in [0.25, 0.3) is 0 Å². The molecule has 2 aromatic rings. The van der Waals surface area contributed by atoms with Crippen molar-refractivity contribution in [3.8, 4) is 0 Å². The summed E-state index contributed by atoms with van der Waals surface area (Å²) >= 11 is 0. The molecule has 3 unspecified atom stereocenters. The summed E-state index contributed by atoms with van der Waals surface area (Å²) in [4.78, 5) is 4.82. The van der Waals surface area contributed by atoms with E-state index in [1.807, 2.05) is 24.6 Å². The highest BCUT2D eigenvalue weighted by atomic mass is 15.3. The molecule has 0 bridgehead atoms. The van der Waals surface area contributed by atoms with Gasteiger partial charge in [-0.05, 0) is 38.2 Å². The maximum Gasteiger partial charge on any atom is 0.192 e. The molecule has 3 atom stereocenters. The summed E-state index contributed by atoms with van der Waals surface area (Å²) in [6.07, 6.45) is 5.01. The maximum atomic E-state index is 4.82. The van der Waals surface area contributed by atoms with E-state index in [0.29, 0.717) is 12.6 Å². The molecule has 0 saturated heterocycles. The zero-order valence-electron chi connectivity index (χ0n) is 16.9. The van der Waals surface area contributed by atoms with Crippen molar-refractivity contribution in [1.82, 2.24) is 25.4 Å². The molecule has 0 amide bonds. The highest BCUT2D eigenvalue weighted by Gasteiger charge is 2.20. The van der Waals surface area contributed by atoms with Crippen molar-refractivity contribution in [3.05, 3.63) is 47.5 Å². The molecule has 1 aliphatic carbocycles. The lowest BCUT2D eigenvalue weighted by atomic mass is 9.87. The lowest BCUT2D eigenvalue weighted by Gasteiger charge is -2.30. The Labute approximate surface area is 162 Å². The van der Waals surface area contributed by atoms with Crippen LogP contribution in [-0.4, -0.2) is 26.8 Å². The van der Waals surface area contributed by atoms with Gasteiger partial charge in [-0.25, -0.2) is 4.99 Å². The van der Waals surface area contributed by atoms with Crippen molar-refractivity contribution in [2.24, 2.45) is 18.0 Å². The fraction of sp³-hybridized carbons (Fsp3) is 0.571. The molecule has 1 heterocycles. The minimum Gasteiger partial charge on any atom is -0.354 e. The molecular formula is C21H32N6. The lowest BCUT2D eigenvalue weighted by molar-refractivity contribution is 0.323. The van der Waals surface area contributed by atoms with Gasteiger partial charge >= 0.3 is 0 Å². The Morgan fingerprint density at radius 2 is 2.04 bits per heavy atom. The van der Waals surface area contributed by atoms with E-state index in [1.54, 1.807) is 0 Å². The van der Waals surface area contributed by atoms with Crippen molar-refractivity contribution in [2.75, 3.05) is 0 Å². The summed E-state index contributed by atoms with van der Waals surface area (Å²) in [7, 11) is 1.98. The fourth-order valence-corrected chi connectivity index (χ4v) is 3.66. The van der Waals surface area contributed by atoms with Crippen LogP contribution in [0.3, 0.4) is 0 Å². The van der Waals surface area contributed by atoms with Gasteiger partial charge in [0.2, 0.25) is 0 Å². The van der Waals surface area contributed by atoms with Crippen molar-refractivity contribution in [2.45, 2.75) is 65.1 Å². The number of nitrogens with zero attached hydrogens (tertiary/aromatic N) is 4. The number of nitrogens with one attached hydrogen (secondary N) is 2. The Morgan fingerprint density at radius 3 is 2.70 bits per heavy atom. The fourth-order valence-electron chi connectivity index (χ4n) is 3.66. The van der Waals surface area contributed by atoms with Crippen LogP contribution in [0.1, 0.15) is 62.8 Å². The van der Waals surface area contributed by atoms with Crippen LogP contribution < -0.4 is 10.6 Å². The third-order valence-corrected chi connectivity index (χ3v) is 5.49. The molecule has 2 N–H and O–H groups in total. The van der Waals surface area contributed by atoms with E-state index >= 15 is 0 Å². The number of aryl methyl sites for hydroxylation is 1. The zero-order valence-corrected chi connectivity index (χ0v) is 16.9. The monoisotopic (exact) mass is 368 g/mol. The molecule has 0 radical (unpaired) electrons. The normalized spacial score (nSPS) is 21.7. The minimum atomic E-state index is 0.180. The summed E-state index contributed by atoms with van der Waals surface area (Å²) in [6, 6.07) is 11.1. The Bertz CT molecular complexity index is 751. The van der Waals surface area contributed by atoms with Gasteiger partial charge in [-0.3, -0.25) is 0 Å². The third-order valence-electron chi connectivity index (χ3n) is 5.49. The van der Waals surface area contributed by atoms with Crippen molar-refractivity contribution >= 4 is 5.96 Å². The number of aromatic nitrogens is 3. The van der Waals surface area contributed by atoms with Crippen molar-refractivity contribution in [1.29, 1.82) is 0 Å². The summed E-state index contributed by atoms with van der Waals surface area (Å²) in [5.74, 6) is 3.40. The second-order valence-electron chi connectivity index (χ2n) is 7.78. The Kier molecular flexibility index (Phi) is 6.48. The molecule has 1 fully saturated rings. The van der Waals surface area contributed by atoms with Gasteiger partial charge in [0.15, 0.2) is 11.8 Å². The first-order chi connectivity index (χ1) is 13.0. The standard InChI is InChI=1S/C21H32N6/c1-15-9-8-12-19(13-15)24-21(22-14-20-26-25-17(3)27(20)4)23-16(2)18-10-6-5-7-11-18/h5-7,10-11,15-16,19H,8-9,12-14H2,1-4H3,(H2,22,23,24). The molecule has 1 aromatic carbocycles. The molecule has 0 aliphatic heterocycles.